The molecule has 178 valence electrons. The largest absolute Gasteiger partial charge is 0.471 e. The summed E-state index contributed by atoms with van der Waals surface area (Å²) in [6, 6.07) is 16.2. The van der Waals surface area contributed by atoms with Crippen molar-refractivity contribution < 1.29 is 22.8 Å². The summed E-state index contributed by atoms with van der Waals surface area (Å²) >= 11 is 0. The number of anilines is 1. The monoisotopic (exact) mass is 479 g/mol. The molecule has 9 heteroatoms. The van der Waals surface area contributed by atoms with E-state index in [0.717, 1.165) is 11.1 Å². The first-order valence-electron chi connectivity index (χ1n) is 10.6. The van der Waals surface area contributed by atoms with Crippen LogP contribution in [0.5, 0.6) is 0 Å². The lowest BCUT2D eigenvalue weighted by Gasteiger charge is -2.14. The smallest absolute Gasteiger partial charge is 0.340 e. The van der Waals surface area contributed by atoms with Gasteiger partial charge < -0.3 is 9.88 Å². The molecule has 2 aromatic carbocycles. The quantitative estimate of drug-likeness (QED) is 0.417. The number of benzene rings is 2. The molecule has 6 nitrogen and oxygen atoms in total. The maximum Gasteiger partial charge on any atom is 0.471 e. The number of para-hydroxylation sites is 1. The maximum atomic E-state index is 13.3. The lowest BCUT2D eigenvalue weighted by molar-refractivity contribution is -0.167. The molecule has 0 atom stereocenters. The molecule has 35 heavy (non-hydrogen) atoms. The Morgan fingerprint density at radius 3 is 2.43 bits per heavy atom. The van der Waals surface area contributed by atoms with Crippen molar-refractivity contribution in [3.63, 3.8) is 0 Å². The van der Waals surface area contributed by atoms with E-state index in [9.17, 15) is 27.6 Å². The summed E-state index contributed by atoms with van der Waals surface area (Å²) in [5, 5.41) is 2.05. The average molecular weight is 479 g/mol. The van der Waals surface area contributed by atoms with E-state index >= 15 is 0 Å². The first-order valence-corrected chi connectivity index (χ1v) is 10.6. The third-order valence-electron chi connectivity index (χ3n) is 5.64. The van der Waals surface area contributed by atoms with E-state index in [1.54, 1.807) is 52.3 Å². The summed E-state index contributed by atoms with van der Waals surface area (Å²) in [7, 11) is 0. The molecular formula is C26H20F3N3O3. The number of hydrogen-bond donors (Lipinski definition) is 1. The molecule has 1 N–H and O–H groups in total. The van der Waals surface area contributed by atoms with Gasteiger partial charge in [-0.25, -0.2) is 4.98 Å². The van der Waals surface area contributed by atoms with Gasteiger partial charge in [0.25, 0.3) is 0 Å². The summed E-state index contributed by atoms with van der Waals surface area (Å²) in [5.74, 6) is -2.82. The highest BCUT2D eigenvalue weighted by atomic mass is 19.4. The average Bonchev–Trinajstić information content (AvgIpc) is 2.82. The summed E-state index contributed by atoms with van der Waals surface area (Å²) in [4.78, 5) is 41.8. The second kappa shape index (κ2) is 9.17. The van der Waals surface area contributed by atoms with Crippen molar-refractivity contribution in [3.8, 4) is 0 Å². The lowest BCUT2D eigenvalue weighted by Crippen LogP contribution is -2.30. The van der Waals surface area contributed by atoms with Crippen LogP contribution in [0.15, 0.2) is 71.7 Å². The van der Waals surface area contributed by atoms with E-state index < -0.39 is 23.3 Å². The van der Waals surface area contributed by atoms with Crippen molar-refractivity contribution >= 4 is 28.4 Å². The third kappa shape index (κ3) is 4.98. The zero-order valence-corrected chi connectivity index (χ0v) is 18.8. The van der Waals surface area contributed by atoms with Gasteiger partial charge in [-0.3, -0.25) is 14.4 Å². The zero-order valence-electron chi connectivity index (χ0n) is 18.8. The number of fused-ring (bicyclic) bond motifs is 1. The number of hydrogen-bond acceptors (Lipinski definition) is 4. The molecule has 4 aromatic rings. The Kier molecular flexibility index (Phi) is 6.26. The molecule has 0 radical (unpaired) electrons. The number of amides is 1. The van der Waals surface area contributed by atoms with Crippen molar-refractivity contribution in [2.45, 2.75) is 26.6 Å². The van der Waals surface area contributed by atoms with Gasteiger partial charge in [0.2, 0.25) is 5.43 Å². The Bertz CT molecular complexity index is 1520. The number of carbonyl (C=O) groups excluding carboxylic acids is 2. The highest BCUT2D eigenvalue weighted by Crippen LogP contribution is 2.20. The Labute approximate surface area is 198 Å². The molecule has 0 saturated heterocycles. The fourth-order valence-corrected chi connectivity index (χ4v) is 3.67. The number of ketones is 1. The number of aryl methyl sites for hydroxylation is 2. The van der Waals surface area contributed by atoms with Crippen LogP contribution in [-0.4, -0.2) is 27.4 Å². The number of pyridine rings is 2. The molecule has 2 heterocycles. The molecular weight excluding hydrogens is 459 g/mol. The van der Waals surface area contributed by atoms with Crippen LogP contribution in [0.3, 0.4) is 0 Å². The Morgan fingerprint density at radius 2 is 1.71 bits per heavy atom. The van der Waals surface area contributed by atoms with Crippen molar-refractivity contribution in [1.82, 2.24) is 9.55 Å². The summed E-state index contributed by atoms with van der Waals surface area (Å²) in [5.41, 5.74) is 2.71. The standard InChI is InChI=1S/C26H20F3N3O3/c1-15-10-11-17(12-16(15)2)23(33)20-14-32(21-8-4-3-7-19(21)24(20)34)13-18-6-5-9-22(30-18)31-25(35)26(27,28)29/h3-12,14H,13H2,1-2H3,(H,30,31,35). The third-order valence-corrected chi connectivity index (χ3v) is 5.64. The summed E-state index contributed by atoms with van der Waals surface area (Å²) in [6.45, 7) is 3.84. The van der Waals surface area contributed by atoms with Gasteiger partial charge in [0.05, 0.1) is 23.3 Å². The van der Waals surface area contributed by atoms with Crippen molar-refractivity contribution in [2.24, 2.45) is 0 Å². The van der Waals surface area contributed by atoms with Crippen LogP contribution in [0.1, 0.15) is 32.7 Å². The van der Waals surface area contributed by atoms with Gasteiger partial charge in [0.15, 0.2) is 5.78 Å². The highest BCUT2D eigenvalue weighted by Gasteiger charge is 2.38. The van der Waals surface area contributed by atoms with Crippen molar-refractivity contribution in [2.75, 3.05) is 5.32 Å². The molecule has 0 aliphatic heterocycles. The minimum absolute atomic E-state index is 0.0338. The summed E-state index contributed by atoms with van der Waals surface area (Å²) in [6.07, 6.45) is -3.61. The highest BCUT2D eigenvalue weighted by molar-refractivity contribution is 6.10. The SMILES string of the molecule is Cc1ccc(C(=O)c2cn(Cc3cccc(NC(=O)C(F)(F)F)n3)c3ccccc3c2=O)cc1C. The number of aromatic nitrogens is 2. The summed E-state index contributed by atoms with van der Waals surface area (Å²) < 4.78 is 39.4. The number of halogens is 3. The van der Waals surface area contributed by atoms with Crippen molar-refractivity contribution in [3.05, 3.63) is 105 Å². The number of nitrogens with one attached hydrogen (secondary N) is 1. The maximum absolute atomic E-state index is 13.3. The predicted octanol–water partition coefficient (Wildman–Crippen LogP) is 4.79. The first kappa shape index (κ1) is 23.9. The minimum Gasteiger partial charge on any atom is -0.340 e. The van der Waals surface area contributed by atoms with Gasteiger partial charge in [-0.05, 0) is 55.3 Å². The Hall–Kier alpha value is -4.27. The van der Waals surface area contributed by atoms with Crippen LogP contribution in [0.2, 0.25) is 0 Å². The Balaban J connectivity index is 1.76. The van der Waals surface area contributed by atoms with Gasteiger partial charge in [-0.1, -0.05) is 30.3 Å². The molecule has 0 spiro atoms. The molecule has 1 amide bonds. The predicted molar refractivity (Wildman–Crippen MR) is 126 cm³/mol. The van der Waals surface area contributed by atoms with Crippen LogP contribution in [0.25, 0.3) is 10.9 Å². The normalized spacial score (nSPS) is 11.5. The van der Waals surface area contributed by atoms with Crippen LogP contribution in [0.4, 0.5) is 19.0 Å². The molecule has 4 rings (SSSR count). The van der Waals surface area contributed by atoms with Crippen LogP contribution < -0.4 is 10.7 Å². The fourth-order valence-electron chi connectivity index (χ4n) is 3.67. The van der Waals surface area contributed by atoms with E-state index in [4.69, 9.17) is 0 Å². The topological polar surface area (TPSA) is 81.1 Å². The Morgan fingerprint density at radius 1 is 0.971 bits per heavy atom. The second-order valence-electron chi connectivity index (χ2n) is 8.11. The molecule has 0 bridgehead atoms. The molecule has 0 fully saturated rings. The van der Waals surface area contributed by atoms with Gasteiger partial charge >= 0.3 is 12.1 Å². The second-order valence-corrected chi connectivity index (χ2v) is 8.11. The minimum atomic E-state index is -5.05. The van der Waals surface area contributed by atoms with E-state index in [2.05, 4.69) is 4.98 Å². The van der Waals surface area contributed by atoms with Crippen LogP contribution in [0, 0.1) is 13.8 Å². The van der Waals surface area contributed by atoms with Gasteiger partial charge in [0.1, 0.15) is 5.82 Å². The van der Waals surface area contributed by atoms with E-state index in [1.807, 2.05) is 19.9 Å². The molecule has 2 aromatic heterocycles. The lowest BCUT2D eigenvalue weighted by atomic mass is 9.99. The van der Waals surface area contributed by atoms with Crippen molar-refractivity contribution in [1.29, 1.82) is 0 Å². The van der Waals surface area contributed by atoms with E-state index in [-0.39, 0.29) is 17.9 Å². The van der Waals surface area contributed by atoms with Gasteiger partial charge in [0, 0.05) is 17.1 Å². The zero-order chi connectivity index (χ0) is 25.3. The number of alkyl halides is 3. The fraction of sp³-hybridized carbons (Fsp3) is 0.154. The molecule has 0 unspecified atom stereocenters. The number of carbonyl (C=O) groups is 2. The van der Waals surface area contributed by atoms with Gasteiger partial charge in [-0.2, -0.15) is 13.2 Å². The van der Waals surface area contributed by atoms with Crippen LogP contribution >= 0.6 is 0 Å². The molecule has 0 aliphatic carbocycles. The van der Waals surface area contributed by atoms with Gasteiger partial charge in [-0.15, -0.1) is 0 Å². The van der Waals surface area contributed by atoms with E-state index in [0.29, 0.717) is 22.2 Å². The number of rotatable bonds is 5. The molecule has 0 aliphatic rings. The molecule has 0 saturated carbocycles. The van der Waals surface area contributed by atoms with E-state index in [1.165, 1.54) is 18.3 Å². The first-order chi connectivity index (χ1) is 16.5. The van der Waals surface area contributed by atoms with Crippen LogP contribution in [-0.2, 0) is 11.3 Å². The number of nitrogens with zero attached hydrogens (tertiary/aromatic N) is 2.